The second-order valence-electron chi connectivity index (χ2n) is 7.51. The number of carbonyl (C=O) groups excluding carboxylic acids is 2. The number of carbonyl (C=O) groups is 2. The molecule has 0 unspecified atom stereocenters. The maximum atomic E-state index is 13.1. The van der Waals surface area contributed by atoms with E-state index in [-0.39, 0.29) is 17.9 Å². The van der Waals surface area contributed by atoms with E-state index in [4.69, 9.17) is 11.6 Å². The third-order valence-corrected chi connectivity index (χ3v) is 6.79. The number of amides is 2. The summed E-state index contributed by atoms with van der Waals surface area (Å²) in [6.07, 6.45) is 1.67. The van der Waals surface area contributed by atoms with Crippen LogP contribution in [0.2, 0.25) is 5.02 Å². The zero-order valence-electron chi connectivity index (χ0n) is 15.8. The maximum Gasteiger partial charge on any atom is 0.264 e. The van der Waals surface area contributed by atoms with Crippen LogP contribution >= 0.6 is 22.9 Å². The van der Waals surface area contributed by atoms with Crippen LogP contribution in [-0.2, 0) is 11.3 Å². The fourth-order valence-corrected chi connectivity index (χ4v) is 4.94. The van der Waals surface area contributed by atoms with Crippen LogP contribution in [0.25, 0.3) is 0 Å². The molecule has 0 spiro atoms. The fraction of sp³-hybridized carbons (Fsp3) is 0.429. The Hall–Kier alpha value is -1.89. The Labute approximate surface area is 174 Å². The molecular formula is C21H25ClN3O2S+. The highest BCUT2D eigenvalue weighted by molar-refractivity contribution is 7.12. The van der Waals surface area contributed by atoms with E-state index in [9.17, 15) is 9.59 Å². The van der Waals surface area contributed by atoms with Crippen LogP contribution in [0, 0.1) is 0 Å². The van der Waals surface area contributed by atoms with Crippen molar-refractivity contribution in [3.63, 3.8) is 0 Å². The van der Waals surface area contributed by atoms with Crippen LogP contribution in [0.4, 0.5) is 0 Å². The minimum atomic E-state index is -0.299. The molecule has 2 amide bonds. The number of thiophene rings is 1. The summed E-state index contributed by atoms with van der Waals surface area (Å²) in [5, 5.41) is 2.66. The summed E-state index contributed by atoms with van der Waals surface area (Å²) in [7, 11) is 0. The normalized spacial score (nSPS) is 20.5. The van der Waals surface area contributed by atoms with Crippen molar-refractivity contribution in [2.24, 2.45) is 0 Å². The highest BCUT2D eigenvalue weighted by Gasteiger charge is 2.38. The quantitative estimate of drug-likeness (QED) is 0.824. The van der Waals surface area contributed by atoms with Crippen molar-refractivity contribution in [2.45, 2.75) is 25.4 Å². The molecule has 2 saturated heterocycles. The lowest BCUT2D eigenvalue weighted by molar-refractivity contribution is -0.917. The number of rotatable bonds is 4. The molecule has 0 aliphatic carbocycles. The van der Waals surface area contributed by atoms with Crippen LogP contribution in [-0.4, -0.2) is 60.4 Å². The zero-order chi connectivity index (χ0) is 19.5. The number of hydrogen-bond acceptors (Lipinski definition) is 3. The van der Waals surface area contributed by atoms with Crippen LogP contribution in [0.3, 0.4) is 0 Å². The van der Waals surface area contributed by atoms with Crippen LogP contribution < -0.4 is 4.90 Å². The van der Waals surface area contributed by atoms with Crippen LogP contribution in [0.5, 0.6) is 0 Å². The number of nitrogens with one attached hydrogen (secondary N) is 1. The SMILES string of the molecule is O=C([C@@H]1CCCN1C(=O)c1cccs1)N1CC[NH+](Cc2ccc(Cl)cc2)CC1. The van der Waals surface area contributed by atoms with Crippen molar-refractivity contribution in [3.05, 3.63) is 57.2 Å². The van der Waals surface area contributed by atoms with Crippen LogP contribution in [0.1, 0.15) is 28.1 Å². The highest BCUT2D eigenvalue weighted by atomic mass is 35.5. The van der Waals surface area contributed by atoms with Gasteiger partial charge >= 0.3 is 0 Å². The number of benzene rings is 1. The topological polar surface area (TPSA) is 45.1 Å². The first-order valence-corrected chi connectivity index (χ1v) is 11.1. The van der Waals surface area contributed by atoms with Crippen molar-refractivity contribution in [2.75, 3.05) is 32.7 Å². The van der Waals surface area contributed by atoms with Crippen molar-refractivity contribution in [1.29, 1.82) is 0 Å². The summed E-state index contributed by atoms with van der Waals surface area (Å²) in [4.78, 5) is 31.8. The minimum Gasteiger partial charge on any atom is -0.330 e. The zero-order valence-corrected chi connectivity index (χ0v) is 17.3. The molecule has 148 valence electrons. The summed E-state index contributed by atoms with van der Waals surface area (Å²) >= 11 is 7.40. The number of nitrogens with zero attached hydrogens (tertiary/aromatic N) is 2. The molecular weight excluding hydrogens is 394 g/mol. The first-order chi connectivity index (χ1) is 13.6. The van der Waals surface area contributed by atoms with Gasteiger partial charge in [0, 0.05) is 17.1 Å². The van der Waals surface area contributed by atoms with Gasteiger partial charge in [0.25, 0.3) is 5.91 Å². The predicted octanol–water partition coefficient (Wildman–Crippen LogP) is 1.93. The Balaban J connectivity index is 1.33. The molecule has 0 bridgehead atoms. The van der Waals surface area contributed by atoms with Crippen molar-refractivity contribution in [1.82, 2.24) is 9.80 Å². The fourth-order valence-electron chi connectivity index (χ4n) is 4.13. The first-order valence-electron chi connectivity index (χ1n) is 9.83. The van der Waals surface area contributed by atoms with E-state index < -0.39 is 0 Å². The molecule has 1 N–H and O–H groups in total. The molecule has 2 aromatic rings. The lowest BCUT2D eigenvalue weighted by atomic mass is 10.1. The second kappa shape index (κ2) is 8.64. The standard InChI is InChI=1S/C21H24ClN3O2S/c22-17-7-5-16(6-8-17)15-23-10-12-24(13-11-23)20(26)18-3-1-9-25(18)21(27)19-4-2-14-28-19/h2,4-8,14,18H,1,3,9-13,15H2/p+1/t18-/m0/s1. The summed E-state index contributed by atoms with van der Waals surface area (Å²) in [6.45, 7) is 4.99. The van der Waals surface area contributed by atoms with Gasteiger partial charge in [-0.1, -0.05) is 29.8 Å². The lowest BCUT2D eigenvalue weighted by Gasteiger charge is -2.35. The molecule has 5 nitrogen and oxygen atoms in total. The number of likely N-dealkylation sites (tertiary alicyclic amines) is 1. The Bertz CT molecular complexity index is 817. The molecule has 0 radical (unpaired) electrons. The monoisotopic (exact) mass is 418 g/mol. The molecule has 2 fully saturated rings. The average Bonchev–Trinajstić information content (AvgIpc) is 3.41. The number of hydrogen-bond donors (Lipinski definition) is 1. The van der Waals surface area contributed by atoms with Crippen LogP contribution in [0.15, 0.2) is 41.8 Å². The minimum absolute atomic E-state index is 0.00199. The van der Waals surface area contributed by atoms with Crippen molar-refractivity contribution >= 4 is 34.8 Å². The van der Waals surface area contributed by atoms with Gasteiger partial charge in [-0.2, -0.15) is 0 Å². The Morgan fingerprint density at radius 2 is 1.86 bits per heavy atom. The summed E-state index contributed by atoms with van der Waals surface area (Å²) in [5.41, 5.74) is 1.27. The average molecular weight is 419 g/mol. The van der Waals surface area contributed by atoms with Gasteiger partial charge in [0.1, 0.15) is 12.6 Å². The van der Waals surface area contributed by atoms with Gasteiger partial charge in [0.05, 0.1) is 31.1 Å². The van der Waals surface area contributed by atoms with E-state index in [0.29, 0.717) is 6.54 Å². The highest BCUT2D eigenvalue weighted by Crippen LogP contribution is 2.23. The smallest absolute Gasteiger partial charge is 0.264 e. The van der Waals surface area contributed by atoms with Gasteiger partial charge in [-0.25, -0.2) is 0 Å². The van der Waals surface area contributed by atoms with Gasteiger partial charge in [-0.3, -0.25) is 9.59 Å². The van der Waals surface area contributed by atoms with E-state index in [1.54, 1.807) is 4.90 Å². The molecule has 7 heteroatoms. The lowest BCUT2D eigenvalue weighted by Crippen LogP contribution is -3.13. The van der Waals surface area contributed by atoms with Gasteiger partial charge in [0.15, 0.2) is 0 Å². The second-order valence-corrected chi connectivity index (χ2v) is 8.90. The molecule has 2 aliphatic heterocycles. The Morgan fingerprint density at radius 1 is 1.11 bits per heavy atom. The third-order valence-electron chi connectivity index (χ3n) is 5.68. The number of halogens is 1. The van der Waals surface area contributed by atoms with Gasteiger partial charge in [-0.15, -0.1) is 11.3 Å². The maximum absolute atomic E-state index is 13.1. The summed E-state index contributed by atoms with van der Waals surface area (Å²) in [6, 6.07) is 11.4. The molecule has 1 aromatic carbocycles. The molecule has 1 atom stereocenters. The van der Waals surface area contributed by atoms with Gasteiger partial charge < -0.3 is 14.7 Å². The van der Waals surface area contributed by atoms with E-state index in [0.717, 1.165) is 55.5 Å². The number of quaternary nitrogens is 1. The Morgan fingerprint density at radius 3 is 2.54 bits per heavy atom. The molecule has 3 heterocycles. The number of piperazine rings is 1. The molecule has 28 heavy (non-hydrogen) atoms. The molecule has 1 aromatic heterocycles. The largest absolute Gasteiger partial charge is 0.330 e. The van der Waals surface area contributed by atoms with Crippen molar-refractivity contribution in [3.8, 4) is 0 Å². The van der Waals surface area contributed by atoms with Gasteiger partial charge in [0.2, 0.25) is 5.91 Å². The predicted molar refractivity (Wildman–Crippen MR) is 111 cm³/mol. The first kappa shape index (κ1) is 19.4. The van der Waals surface area contributed by atoms with E-state index in [2.05, 4.69) is 12.1 Å². The summed E-state index contributed by atoms with van der Waals surface area (Å²) < 4.78 is 0. The van der Waals surface area contributed by atoms with E-state index in [1.807, 2.05) is 34.5 Å². The Kier molecular flexibility index (Phi) is 5.99. The molecule has 4 rings (SSSR count). The van der Waals surface area contributed by atoms with E-state index in [1.165, 1.54) is 21.8 Å². The third kappa shape index (κ3) is 4.24. The summed E-state index contributed by atoms with van der Waals surface area (Å²) in [5.74, 6) is 0.116. The molecule has 0 saturated carbocycles. The van der Waals surface area contributed by atoms with Crippen molar-refractivity contribution < 1.29 is 14.5 Å². The molecule has 2 aliphatic rings. The van der Waals surface area contributed by atoms with Gasteiger partial charge in [-0.05, 0) is 36.4 Å². The van der Waals surface area contributed by atoms with E-state index >= 15 is 0 Å².